The van der Waals surface area contributed by atoms with Crippen molar-refractivity contribution >= 4 is 27.0 Å². The van der Waals surface area contributed by atoms with Crippen LogP contribution in [0.3, 0.4) is 0 Å². The molecule has 0 N–H and O–H groups in total. The maximum absolute atomic E-state index is 13.0. The summed E-state index contributed by atoms with van der Waals surface area (Å²) in [7, 11) is -2.48. The Morgan fingerprint density at radius 2 is 1.77 bits per heavy atom. The van der Waals surface area contributed by atoms with Gasteiger partial charge in [0, 0.05) is 11.6 Å². The lowest BCUT2D eigenvalue weighted by atomic mass is 10.2. The van der Waals surface area contributed by atoms with Gasteiger partial charge in [0.1, 0.15) is 17.1 Å². The highest BCUT2D eigenvalue weighted by molar-refractivity contribution is 7.90. The quantitative estimate of drug-likeness (QED) is 0.449. The van der Waals surface area contributed by atoms with Gasteiger partial charge < -0.3 is 9.47 Å². The number of fused-ring (bicyclic) bond motifs is 1. The van der Waals surface area contributed by atoms with Crippen LogP contribution in [0.25, 0.3) is 11.0 Å². The van der Waals surface area contributed by atoms with E-state index in [1.165, 1.54) is 19.5 Å². The van der Waals surface area contributed by atoms with Crippen LogP contribution in [-0.4, -0.2) is 30.5 Å². The van der Waals surface area contributed by atoms with Gasteiger partial charge in [0.25, 0.3) is 10.0 Å². The zero-order chi connectivity index (χ0) is 21.3. The van der Waals surface area contributed by atoms with Gasteiger partial charge in [-0.05, 0) is 43.3 Å². The molecule has 0 saturated carbocycles. The maximum Gasteiger partial charge on any atom is 0.341 e. The van der Waals surface area contributed by atoms with E-state index < -0.39 is 16.0 Å². The second-order valence-electron chi connectivity index (χ2n) is 6.60. The van der Waals surface area contributed by atoms with Crippen molar-refractivity contribution in [1.82, 2.24) is 8.96 Å². The fraction of sp³-hybridized carbons (Fsp3) is 0.0909. The fourth-order valence-corrected chi connectivity index (χ4v) is 4.32. The molecule has 4 rings (SSSR count). The average Bonchev–Trinajstić information content (AvgIpc) is 3.18. The van der Waals surface area contributed by atoms with Crippen LogP contribution in [-0.2, 0) is 14.8 Å². The Hall–Kier alpha value is -3.65. The van der Waals surface area contributed by atoms with E-state index in [1.54, 1.807) is 60.7 Å². The van der Waals surface area contributed by atoms with Crippen LogP contribution in [0.15, 0.2) is 78.0 Å². The van der Waals surface area contributed by atoms with Gasteiger partial charge in [-0.15, -0.1) is 0 Å². The molecule has 0 aliphatic heterocycles. The number of ether oxygens (including phenoxy) is 2. The maximum atomic E-state index is 13.0. The number of pyridine rings is 1. The standard InChI is InChI=1S/C22H18N2O5S/c1-15-7-9-18(10-8-15)30(26,27)24-12-11-16-13-17(14-23-21(16)24)29-20-6-4-3-5-19(20)22(25)28-2/h3-14H,1-2H3. The van der Waals surface area contributed by atoms with Crippen molar-refractivity contribution in [2.24, 2.45) is 0 Å². The molecule has 7 nitrogen and oxygen atoms in total. The molecule has 4 aromatic rings. The van der Waals surface area contributed by atoms with Gasteiger partial charge in [-0.25, -0.2) is 22.2 Å². The Labute approximate surface area is 173 Å². The summed E-state index contributed by atoms with van der Waals surface area (Å²) in [6, 6.07) is 16.6. The fourth-order valence-electron chi connectivity index (χ4n) is 3.01. The first kappa shape index (κ1) is 19.7. The third kappa shape index (κ3) is 3.53. The molecule has 2 aromatic carbocycles. The molecule has 0 bridgehead atoms. The van der Waals surface area contributed by atoms with Crippen LogP contribution in [0.1, 0.15) is 15.9 Å². The first-order valence-corrected chi connectivity index (χ1v) is 10.5. The molecule has 0 spiro atoms. The molecular formula is C22H18N2O5S. The van der Waals surface area contributed by atoms with Crippen molar-refractivity contribution < 1.29 is 22.7 Å². The molecule has 0 fully saturated rings. The Bertz CT molecular complexity index is 1340. The lowest BCUT2D eigenvalue weighted by molar-refractivity contribution is 0.0598. The smallest absolute Gasteiger partial charge is 0.341 e. The zero-order valence-corrected chi connectivity index (χ0v) is 17.1. The van der Waals surface area contributed by atoms with E-state index in [2.05, 4.69) is 4.98 Å². The highest BCUT2D eigenvalue weighted by Gasteiger charge is 2.20. The zero-order valence-electron chi connectivity index (χ0n) is 16.3. The summed E-state index contributed by atoms with van der Waals surface area (Å²) < 4.78 is 37.7. The third-order valence-electron chi connectivity index (χ3n) is 4.57. The van der Waals surface area contributed by atoms with Gasteiger partial charge in [0.2, 0.25) is 0 Å². The second kappa shape index (κ2) is 7.64. The van der Waals surface area contributed by atoms with E-state index >= 15 is 0 Å². The molecule has 2 heterocycles. The minimum Gasteiger partial charge on any atom is -0.465 e. The third-order valence-corrected chi connectivity index (χ3v) is 6.25. The minimum absolute atomic E-state index is 0.180. The van der Waals surface area contributed by atoms with Crippen molar-refractivity contribution in [3.05, 3.63) is 84.2 Å². The molecule has 0 saturated heterocycles. The summed E-state index contributed by atoms with van der Waals surface area (Å²) in [6.07, 6.45) is 2.87. The molecule has 0 unspecified atom stereocenters. The molecule has 8 heteroatoms. The number of benzene rings is 2. The van der Waals surface area contributed by atoms with E-state index in [-0.39, 0.29) is 16.1 Å². The Balaban J connectivity index is 1.70. The average molecular weight is 422 g/mol. The molecule has 30 heavy (non-hydrogen) atoms. The largest absolute Gasteiger partial charge is 0.465 e. The molecular weight excluding hydrogens is 404 g/mol. The molecule has 0 atom stereocenters. The summed E-state index contributed by atoms with van der Waals surface area (Å²) >= 11 is 0. The van der Waals surface area contributed by atoms with Gasteiger partial charge >= 0.3 is 5.97 Å². The number of aromatic nitrogens is 2. The van der Waals surface area contributed by atoms with Crippen molar-refractivity contribution in [2.75, 3.05) is 7.11 Å². The first-order chi connectivity index (χ1) is 14.4. The molecule has 0 amide bonds. The van der Waals surface area contributed by atoms with Crippen LogP contribution in [0.4, 0.5) is 0 Å². The Morgan fingerprint density at radius 3 is 2.50 bits per heavy atom. The number of carbonyl (C=O) groups is 1. The van der Waals surface area contributed by atoms with Gasteiger partial charge in [0.05, 0.1) is 18.2 Å². The second-order valence-corrected chi connectivity index (χ2v) is 8.42. The van der Waals surface area contributed by atoms with Gasteiger partial charge in [0.15, 0.2) is 5.65 Å². The van der Waals surface area contributed by atoms with Gasteiger partial charge in [-0.2, -0.15) is 0 Å². The number of methoxy groups -OCH3 is 1. The van der Waals surface area contributed by atoms with E-state index in [9.17, 15) is 13.2 Å². The highest BCUT2D eigenvalue weighted by atomic mass is 32.2. The van der Waals surface area contributed by atoms with Gasteiger partial charge in [-0.3, -0.25) is 0 Å². The first-order valence-electron chi connectivity index (χ1n) is 9.05. The lowest BCUT2D eigenvalue weighted by Gasteiger charge is -2.10. The van der Waals surface area contributed by atoms with E-state index in [0.29, 0.717) is 16.9 Å². The Kier molecular flexibility index (Phi) is 5.01. The normalized spacial score (nSPS) is 11.4. The number of hydrogen-bond donors (Lipinski definition) is 0. The van der Waals surface area contributed by atoms with Crippen molar-refractivity contribution in [2.45, 2.75) is 11.8 Å². The predicted octanol–water partition coefficient (Wildman–Crippen LogP) is 4.16. The number of para-hydroxylation sites is 1. The van der Waals surface area contributed by atoms with Crippen LogP contribution < -0.4 is 4.74 Å². The highest BCUT2D eigenvalue weighted by Crippen LogP contribution is 2.29. The van der Waals surface area contributed by atoms with Crippen LogP contribution in [0.5, 0.6) is 11.5 Å². The van der Waals surface area contributed by atoms with Crippen LogP contribution in [0, 0.1) is 6.92 Å². The minimum atomic E-state index is -3.78. The molecule has 0 aliphatic rings. The summed E-state index contributed by atoms with van der Waals surface area (Å²) in [5, 5.41) is 0.582. The van der Waals surface area contributed by atoms with Crippen LogP contribution >= 0.6 is 0 Å². The summed E-state index contributed by atoms with van der Waals surface area (Å²) in [4.78, 5) is 16.4. The SMILES string of the molecule is COC(=O)c1ccccc1Oc1cnc2c(ccn2S(=O)(=O)c2ccc(C)cc2)c1. The predicted molar refractivity (Wildman–Crippen MR) is 111 cm³/mol. The van der Waals surface area contributed by atoms with E-state index in [0.717, 1.165) is 9.54 Å². The number of hydrogen-bond acceptors (Lipinski definition) is 6. The summed E-state index contributed by atoms with van der Waals surface area (Å²) in [5.41, 5.74) is 1.53. The van der Waals surface area contributed by atoms with Crippen molar-refractivity contribution in [3.63, 3.8) is 0 Å². The van der Waals surface area contributed by atoms with Gasteiger partial charge in [-0.1, -0.05) is 29.8 Å². The van der Waals surface area contributed by atoms with Crippen LogP contribution in [0.2, 0.25) is 0 Å². The number of esters is 1. The van der Waals surface area contributed by atoms with Crippen molar-refractivity contribution in [1.29, 1.82) is 0 Å². The molecule has 152 valence electrons. The van der Waals surface area contributed by atoms with E-state index in [1.807, 2.05) is 6.92 Å². The summed E-state index contributed by atoms with van der Waals surface area (Å²) in [6.45, 7) is 1.89. The number of nitrogens with zero attached hydrogens (tertiary/aromatic N) is 2. The Morgan fingerprint density at radius 1 is 1.03 bits per heavy atom. The molecule has 0 aliphatic carbocycles. The number of carbonyl (C=O) groups excluding carboxylic acids is 1. The number of rotatable bonds is 5. The lowest BCUT2D eigenvalue weighted by Crippen LogP contribution is -2.12. The topological polar surface area (TPSA) is 87.5 Å². The monoisotopic (exact) mass is 422 g/mol. The van der Waals surface area contributed by atoms with Crippen molar-refractivity contribution in [3.8, 4) is 11.5 Å². The summed E-state index contributed by atoms with van der Waals surface area (Å²) in [5.74, 6) is 0.163. The molecule has 2 aromatic heterocycles. The molecule has 0 radical (unpaired) electrons. The van der Waals surface area contributed by atoms with E-state index in [4.69, 9.17) is 9.47 Å². The number of aryl methyl sites for hydroxylation is 1.